The van der Waals surface area contributed by atoms with Gasteiger partial charge in [0.25, 0.3) is 0 Å². The fourth-order valence-electron chi connectivity index (χ4n) is 1.13. The van der Waals surface area contributed by atoms with Gasteiger partial charge in [0.2, 0.25) is 0 Å². The van der Waals surface area contributed by atoms with Gasteiger partial charge in [-0.25, -0.2) is 4.98 Å². The standard InChI is InChI=1S/C10H8Br2N2S/c11-7-4-8(15-6-7)5-14-10-9(12)2-1-3-13-10/h1-4,6H,5H2,(H,13,14). The molecule has 0 unspecified atom stereocenters. The second-order valence-corrected chi connectivity index (χ2v) is 5.68. The van der Waals surface area contributed by atoms with Gasteiger partial charge in [-0.3, -0.25) is 0 Å². The number of pyridine rings is 1. The van der Waals surface area contributed by atoms with Gasteiger partial charge in [0, 0.05) is 20.9 Å². The molecule has 0 spiro atoms. The van der Waals surface area contributed by atoms with Crippen molar-refractivity contribution in [2.45, 2.75) is 6.54 Å². The van der Waals surface area contributed by atoms with Crippen molar-refractivity contribution in [2.75, 3.05) is 5.32 Å². The number of hydrogen-bond acceptors (Lipinski definition) is 3. The Bertz CT molecular complexity index is 456. The van der Waals surface area contributed by atoms with Crippen molar-refractivity contribution >= 4 is 49.0 Å². The van der Waals surface area contributed by atoms with E-state index >= 15 is 0 Å². The third-order valence-electron chi connectivity index (χ3n) is 1.81. The van der Waals surface area contributed by atoms with Gasteiger partial charge in [0.05, 0.1) is 11.0 Å². The van der Waals surface area contributed by atoms with E-state index in [0.29, 0.717) is 0 Å². The molecule has 1 N–H and O–H groups in total. The van der Waals surface area contributed by atoms with E-state index < -0.39 is 0 Å². The predicted octanol–water partition coefficient (Wildman–Crippen LogP) is 4.28. The van der Waals surface area contributed by atoms with Crippen LogP contribution in [0.1, 0.15) is 4.88 Å². The summed E-state index contributed by atoms with van der Waals surface area (Å²) in [6, 6.07) is 5.98. The van der Waals surface area contributed by atoms with Crippen LogP contribution >= 0.6 is 43.2 Å². The highest BCUT2D eigenvalue weighted by molar-refractivity contribution is 9.10. The Kier molecular flexibility index (Phi) is 3.77. The van der Waals surface area contributed by atoms with E-state index in [1.165, 1.54) is 4.88 Å². The molecule has 0 saturated carbocycles. The Morgan fingerprint density at radius 3 is 2.93 bits per heavy atom. The quantitative estimate of drug-likeness (QED) is 0.896. The summed E-state index contributed by atoms with van der Waals surface area (Å²) in [5.41, 5.74) is 0. The van der Waals surface area contributed by atoms with Crippen LogP contribution in [0, 0.1) is 0 Å². The molecule has 0 aromatic carbocycles. The molecule has 0 aliphatic heterocycles. The maximum absolute atomic E-state index is 4.24. The zero-order valence-electron chi connectivity index (χ0n) is 7.71. The molecular formula is C10H8Br2N2S. The summed E-state index contributed by atoms with van der Waals surface area (Å²) in [6.45, 7) is 0.798. The van der Waals surface area contributed by atoms with E-state index in [-0.39, 0.29) is 0 Å². The van der Waals surface area contributed by atoms with Crippen molar-refractivity contribution in [3.8, 4) is 0 Å². The van der Waals surface area contributed by atoms with Gasteiger partial charge in [-0.05, 0) is 50.1 Å². The highest BCUT2D eigenvalue weighted by Gasteiger charge is 2.01. The summed E-state index contributed by atoms with van der Waals surface area (Å²) in [6.07, 6.45) is 1.78. The summed E-state index contributed by atoms with van der Waals surface area (Å²) in [5.74, 6) is 0.877. The highest BCUT2D eigenvalue weighted by atomic mass is 79.9. The summed E-state index contributed by atoms with van der Waals surface area (Å²) in [5, 5.41) is 5.35. The van der Waals surface area contributed by atoms with Crippen LogP contribution in [0.25, 0.3) is 0 Å². The zero-order chi connectivity index (χ0) is 10.7. The van der Waals surface area contributed by atoms with Crippen LogP contribution in [0.4, 0.5) is 5.82 Å². The molecule has 0 aliphatic carbocycles. The van der Waals surface area contributed by atoms with Gasteiger partial charge >= 0.3 is 0 Å². The third-order valence-corrected chi connectivity index (χ3v) is 4.15. The van der Waals surface area contributed by atoms with Crippen molar-refractivity contribution in [2.24, 2.45) is 0 Å². The molecule has 0 atom stereocenters. The maximum Gasteiger partial charge on any atom is 0.140 e. The van der Waals surface area contributed by atoms with Gasteiger partial charge in [0.15, 0.2) is 0 Å². The van der Waals surface area contributed by atoms with Crippen molar-refractivity contribution in [3.05, 3.63) is 43.6 Å². The lowest BCUT2D eigenvalue weighted by Gasteiger charge is -2.04. The Morgan fingerprint density at radius 1 is 1.40 bits per heavy atom. The molecule has 0 saturated heterocycles. The van der Waals surface area contributed by atoms with Crippen molar-refractivity contribution in [3.63, 3.8) is 0 Å². The number of nitrogens with one attached hydrogen (secondary N) is 1. The predicted molar refractivity (Wildman–Crippen MR) is 71.3 cm³/mol. The van der Waals surface area contributed by atoms with Crippen molar-refractivity contribution < 1.29 is 0 Å². The smallest absolute Gasteiger partial charge is 0.140 e. The summed E-state index contributed by atoms with van der Waals surface area (Å²) in [7, 11) is 0. The van der Waals surface area contributed by atoms with Crippen LogP contribution in [0.5, 0.6) is 0 Å². The van der Waals surface area contributed by atoms with Crippen LogP contribution in [0.15, 0.2) is 38.7 Å². The number of rotatable bonds is 3. The van der Waals surface area contributed by atoms with Crippen molar-refractivity contribution in [1.82, 2.24) is 4.98 Å². The van der Waals surface area contributed by atoms with Gasteiger partial charge in [0.1, 0.15) is 5.82 Å². The highest BCUT2D eigenvalue weighted by Crippen LogP contribution is 2.22. The largest absolute Gasteiger partial charge is 0.364 e. The third kappa shape index (κ3) is 3.03. The summed E-state index contributed by atoms with van der Waals surface area (Å²) < 4.78 is 2.12. The minimum atomic E-state index is 0.798. The first-order chi connectivity index (χ1) is 7.25. The van der Waals surface area contributed by atoms with E-state index in [9.17, 15) is 0 Å². The Morgan fingerprint density at radius 2 is 2.27 bits per heavy atom. The molecule has 2 aromatic rings. The molecule has 0 fully saturated rings. The lowest BCUT2D eigenvalue weighted by atomic mass is 10.4. The number of nitrogens with zero attached hydrogens (tertiary/aromatic N) is 1. The lowest BCUT2D eigenvalue weighted by molar-refractivity contribution is 1.13. The van der Waals surface area contributed by atoms with E-state index in [1.807, 2.05) is 12.1 Å². The van der Waals surface area contributed by atoms with Crippen LogP contribution in [-0.4, -0.2) is 4.98 Å². The van der Waals surface area contributed by atoms with Gasteiger partial charge in [-0.15, -0.1) is 11.3 Å². The first-order valence-corrected chi connectivity index (χ1v) is 6.79. The molecule has 0 radical (unpaired) electrons. The molecule has 2 aromatic heterocycles. The summed E-state index contributed by atoms with van der Waals surface area (Å²) >= 11 is 8.60. The Balaban J connectivity index is 2.02. The average molecular weight is 348 g/mol. The van der Waals surface area contributed by atoms with Crippen LogP contribution < -0.4 is 5.32 Å². The molecule has 2 rings (SSSR count). The molecule has 2 nitrogen and oxygen atoms in total. The molecule has 2 heterocycles. The molecule has 78 valence electrons. The minimum absolute atomic E-state index is 0.798. The molecule has 15 heavy (non-hydrogen) atoms. The molecule has 0 aliphatic rings. The molecule has 0 bridgehead atoms. The van der Waals surface area contributed by atoms with Crippen LogP contribution in [0.2, 0.25) is 0 Å². The van der Waals surface area contributed by atoms with Crippen LogP contribution in [-0.2, 0) is 6.54 Å². The van der Waals surface area contributed by atoms with Crippen molar-refractivity contribution in [1.29, 1.82) is 0 Å². The average Bonchev–Trinajstić information content (AvgIpc) is 2.63. The molecular weight excluding hydrogens is 340 g/mol. The monoisotopic (exact) mass is 346 g/mol. The Labute approximate surface area is 109 Å². The van der Waals surface area contributed by atoms with E-state index in [1.54, 1.807) is 17.5 Å². The number of halogens is 2. The number of aromatic nitrogens is 1. The van der Waals surface area contributed by atoms with E-state index in [4.69, 9.17) is 0 Å². The topological polar surface area (TPSA) is 24.9 Å². The number of anilines is 1. The van der Waals surface area contributed by atoms with Gasteiger partial charge in [-0.2, -0.15) is 0 Å². The Hall–Kier alpha value is -0.390. The first kappa shape index (κ1) is 11.1. The fourth-order valence-corrected chi connectivity index (χ4v) is 2.92. The zero-order valence-corrected chi connectivity index (χ0v) is 11.7. The summed E-state index contributed by atoms with van der Waals surface area (Å²) in [4.78, 5) is 5.51. The van der Waals surface area contributed by atoms with Gasteiger partial charge < -0.3 is 5.32 Å². The fraction of sp³-hybridized carbons (Fsp3) is 0.100. The van der Waals surface area contributed by atoms with Crippen LogP contribution in [0.3, 0.4) is 0 Å². The number of thiophene rings is 1. The van der Waals surface area contributed by atoms with Gasteiger partial charge in [-0.1, -0.05) is 0 Å². The first-order valence-electron chi connectivity index (χ1n) is 4.33. The molecule has 5 heteroatoms. The second-order valence-electron chi connectivity index (χ2n) is 2.92. The second kappa shape index (κ2) is 5.09. The SMILES string of the molecule is Brc1csc(CNc2ncccc2Br)c1. The molecule has 0 amide bonds. The minimum Gasteiger partial charge on any atom is -0.364 e. The number of hydrogen-bond donors (Lipinski definition) is 1. The van der Waals surface area contributed by atoms with E-state index in [2.05, 4.69) is 53.6 Å². The normalized spacial score (nSPS) is 10.3. The van der Waals surface area contributed by atoms with E-state index in [0.717, 1.165) is 21.3 Å². The maximum atomic E-state index is 4.24. The lowest BCUT2D eigenvalue weighted by Crippen LogP contribution is -1.99.